The van der Waals surface area contributed by atoms with Crippen molar-refractivity contribution >= 4 is 58.1 Å². The summed E-state index contributed by atoms with van der Waals surface area (Å²) in [5.74, 6) is 0.409. The van der Waals surface area contributed by atoms with Crippen LogP contribution in [-0.2, 0) is 0 Å². The number of benzene rings is 2. The van der Waals surface area contributed by atoms with Gasteiger partial charge in [0.05, 0.1) is 15.7 Å². The molecule has 0 fully saturated rings. The summed E-state index contributed by atoms with van der Waals surface area (Å²) in [4.78, 5) is 11.7. The Kier molecular flexibility index (Phi) is 6.03. The van der Waals surface area contributed by atoms with Crippen molar-refractivity contribution in [2.75, 3.05) is 12.0 Å². The van der Waals surface area contributed by atoms with Gasteiger partial charge in [-0.05, 0) is 36.4 Å². The Labute approximate surface area is 147 Å². The fraction of sp³-hybridized carbons (Fsp3) is 0.0714. The van der Waals surface area contributed by atoms with E-state index in [1.165, 1.54) is 0 Å². The molecule has 0 atom stereocenters. The second kappa shape index (κ2) is 7.79. The summed E-state index contributed by atoms with van der Waals surface area (Å²) in [6.45, 7) is -0.0780. The van der Waals surface area contributed by atoms with Gasteiger partial charge in [-0.15, -0.1) is 0 Å². The molecule has 116 valence electrons. The van der Waals surface area contributed by atoms with E-state index in [-0.39, 0.29) is 6.73 Å². The van der Waals surface area contributed by atoms with Gasteiger partial charge < -0.3 is 15.4 Å². The van der Waals surface area contributed by atoms with Crippen molar-refractivity contribution in [1.29, 1.82) is 0 Å². The summed E-state index contributed by atoms with van der Waals surface area (Å²) in [7, 11) is 0. The molecular weight excluding hydrogens is 370 g/mol. The number of carbonyl (C=O) groups excluding carboxylic acids is 1. The molecule has 0 spiro atoms. The van der Waals surface area contributed by atoms with Gasteiger partial charge in [0, 0.05) is 10.0 Å². The highest BCUT2D eigenvalue weighted by molar-refractivity contribution is 6.36. The maximum absolute atomic E-state index is 11.7. The molecule has 22 heavy (non-hydrogen) atoms. The first kappa shape index (κ1) is 17.0. The van der Waals surface area contributed by atoms with Crippen LogP contribution < -0.4 is 15.4 Å². The lowest BCUT2D eigenvalue weighted by Crippen LogP contribution is -2.32. The first-order valence-corrected chi connectivity index (χ1v) is 7.54. The molecule has 0 radical (unpaired) electrons. The summed E-state index contributed by atoms with van der Waals surface area (Å²) in [5.41, 5.74) is 0.399. The van der Waals surface area contributed by atoms with Gasteiger partial charge in [-0.25, -0.2) is 4.79 Å². The lowest BCUT2D eigenvalue weighted by molar-refractivity contribution is 0.234. The molecule has 8 heteroatoms. The maximum Gasteiger partial charge on any atom is 0.321 e. The van der Waals surface area contributed by atoms with E-state index in [9.17, 15) is 4.79 Å². The van der Waals surface area contributed by atoms with Gasteiger partial charge in [0.2, 0.25) is 0 Å². The molecule has 0 aliphatic carbocycles. The van der Waals surface area contributed by atoms with Crippen LogP contribution in [0.1, 0.15) is 0 Å². The minimum Gasteiger partial charge on any atom is -0.472 e. The van der Waals surface area contributed by atoms with Gasteiger partial charge in [-0.1, -0.05) is 46.4 Å². The van der Waals surface area contributed by atoms with Crippen molar-refractivity contribution in [2.24, 2.45) is 0 Å². The van der Waals surface area contributed by atoms with Gasteiger partial charge in [0.25, 0.3) is 0 Å². The minimum atomic E-state index is -0.491. The standard InChI is InChI=1S/C14H10Cl4N2O2/c15-8-2-4-13(11(18)5-8)22-7-19-14(21)20-12-6-9(16)1-3-10(12)17/h1-6H,7H2,(H2,19,20,21). The smallest absolute Gasteiger partial charge is 0.321 e. The summed E-state index contributed by atoms with van der Waals surface area (Å²) < 4.78 is 5.33. The molecule has 2 rings (SSSR count). The largest absolute Gasteiger partial charge is 0.472 e. The molecule has 2 aromatic carbocycles. The number of anilines is 1. The highest BCUT2D eigenvalue weighted by Gasteiger charge is 2.07. The van der Waals surface area contributed by atoms with Crippen molar-refractivity contribution < 1.29 is 9.53 Å². The molecule has 0 aromatic heterocycles. The Morgan fingerprint density at radius 3 is 2.36 bits per heavy atom. The third kappa shape index (κ3) is 4.85. The fourth-order valence-electron chi connectivity index (χ4n) is 1.53. The maximum atomic E-state index is 11.7. The van der Waals surface area contributed by atoms with Crippen LogP contribution in [0, 0.1) is 0 Å². The number of ether oxygens (including phenoxy) is 1. The molecule has 4 nitrogen and oxygen atoms in total. The third-order valence-electron chi connectivity index (χ3n) is 2.53. The van der Waals surface area contributed by atoms with E-state index >= 15 is 0 Å². The van der Waals surface area contributed by atoms with E-state index in [0.717, 1.165) is 0 Å². The molecule has 0 saturated carbocycles. The van der Waals surface area contributed by atoms with Crippen LogP contribution in [-0.4, -0.2) is 12.8 Å². The van der Waals surface area contributed by atoms with Crippen molar-refractivity contribution in [1.82, 2.24) is 5.32 Å². The Morgan fingerprint density at radius 1 is 0.955 bits per heavy atom. The van der Waals surface area contributed by atoms with Gasteiger partial charge in [0.1, 0.15) is 5.75 Å². The van der Waals surface area contributed by atoms with E-state index in [2.05, 4.69) is 10.6 Å². The lowest BCUT2D eigenvalue weighted by Gasteiger charge is -2.11. The molecule has 0 aliphatic rings. The Hall–Kier alpha value is -1.33. The van der Waals surface area contributed by atoms with E-state index in [4.69, 9.17) is 51.1 Å². The van der Waals surface area contributed by atoms with Crippen LogP contribution in [0.15, 0.2) is 36.4 Å². The first-order valence-electron chi connectivity index (χ1n) is 6.03. The van der Waals surface area contributed by atoms with Crippen LogP contribution in [0.3, 0.4) is 0 Å². The molecule has 2 aromatic rings. The summed E-state index contributed by atoms with van der Waals surface area (Å²) in [5, 5.41) is 6.75. The zero-order chi connectivity index (χ0) is 16.1. The number of amides is 2. The second-order valence-electron chi connectivity index (χ2n) is 4.12. The van der Waals surface area contributed by atoms with E-state index in [1.807, 2.05) is 0 Å². The average Bonchev–Trinajstić information content (AvgIpc) is 2.45. The zero-order valence-electron chi connectivity index (χ0n) is 11.0. The molecule has 0 heterocycles. The van der Waals surface area contributed by atoms with Crippen molar-refractivity contribution in [3.8, 4) is 5.75 Å². The minimum absolute atomic E-state index is 0.0780. The normalized spacial score (nSPS) is 10.2. The number of halogens is 4. The highest BCUT2D eigenvalue weighted by atomic mass is 35.5. The zero-order valence-corrected chi connectivity index (χ0v) is 14.0. The van der Waals surface area contributed by atoms with E-state index < -0.39 is 6.03 Å². The van der Waals surface area contributed by atoms with Gasteiger partial charge in [0.15, 0.2) is 6.73 Å². The van der Waals surface area contributed by atoms with Crippen molar-refractivity contribution in [3.63, 3.8) is 0 Å². The lowest BCUT2D eigenvalue weighted by atomic mass is 10.3. The average molecular weight is 380 g/mol. The molecular formula is C14H10Cl4N2O2. The number of rotatable bonds is 4. The molecule has 0 saturated heterocycles. The Bertz CT molecular complexity index is 695. The van der Waals surface area contributed by atoms with Crippen LogP contribution in [0.4, 0.5) is 10.5 Å². The van der Waals surface area contributed by atoms with Gasteiger partial charge in [-0.2, -0.15) is 0 Å². The molecule has 0 unspecified atom stereocenters. The van der Waals surface area contributed by atoms with Crippen molar-refractivity contribution in [2.45, 2.75) is 0 Å². The fourth-order valence-corrected chi connectivity index (χ4v) is 2.33. The predicted molar refractivity (Wildman–Crippen MR) is 90.6 cm³/mol. The summed E-state index contributed by atoms with van der Waals surface area (Å²) in [6.07, 6.45) is 0. The number of hydrogen-bond acceptors (Lipinski definition) is 2. The highest BCUT2D eigenvalue weighted by Crippen LogP contribution is 2.27. The monoisotopic (exact) mass is 378 g/mol. The van der Waals surface area contributed by atoms with Crippen LogP contribution in [0.25, 0.3) is 0 Å². The third-order valence-corrected chi connectivity index (χ3v) is 3.63. The quantitative estimate of drug-likeness (QED) is 0.693. The number of carbonyl (C=O) groups is 1. The Balaban J connectivity index is 1.86. The van der Waals surface area contributed by atoms with Crippen LogP contribution in [0.2, 0.25) is 20.1 Å². The van der Waals surface area contributed by atoms with Crippen LogP contribution >= 0.6 is 46.4 Å². The van der Waals surface area contributed by atoms with Crippen molar-refractivity contribution in [3.05, 3.63) is 56.5 Å². The Morgan fingerprint density at radius 2 is 1.64 bits per heavy atom. The number of urea groups is 1. The summed E-state index contributed by atoms with van der Waals surface area (Å²) >= 11 is 23.5. The van der Waals surface area contributed by atoms with Gasteiger partial charge >= 0.3 is 6.03 Å². The SMILES string of the molecule is O=C(NCOc1ccc(Cl)cc1Cl)Nc1cc(Cl)ccc1Cl. The van der Waals surface area contributed by atoms with E-state index in [1.54, 1.807) is 36.4 Å². The molecule has 2 N–H and O–H groups in total. The topological polar surface area (TPSA) is 50.4 Å². The number of hydrogen-bond donors (Lipinski definition) is 2. The first-order chi connectivity index (χ1) is 10.5. The van der Waals surface area contributed by atoms with Gasteiger partial charge in [-0.3, -0.25) is 0 Å². The molecule has 0 aliphatic heterocycles. The summed E-state index contributed by atoms with van der Waals surface area (Å²) in [6, 6.07) is 9.05. The molecule has 2 amide bonds. The number of nitrogens with one attached hydrogen (secondary N) is 2. The predicted octanol–water partition coefficient (Wildman–Crippen LogP) is 5.46. The van der Waals surface area contributed by atoms with Crippen LogP contribution in [0.5, 0.6) is 5.75 Å². The second-order valence-corrected chi connectivity index (χ2v) is 5.81. The van der Waals surface area contributed by atoms with E-state index in [0.29, 0.717) is 31.5 Å². The molecule has 0 bridgehead atoms.